The predicted molar refractivity (Wildman–Crippen MR) is 40.8 cm³/mol. The number of hydrogen-bond acceptors (Lipinski definition) is 2. The molecule has 1 aromatic heterocycles. The van der Waals surface area contributed by atoms with E-state index >= 15 is 0 Å². The topological polar surface area (TPSA) is 12.9 Å². The van der Waals surface area contributed by atoms with Crippen LogP contribution in [0.4, 0.5) is 0 Å². The van der Waals surface area contributed by atoms with Crippen LogP contribution in [-0.2, 0) is 5.41 Å². The molecule has 1 rings (SSSR count). The molecule has 0 N–H and O–H groups in total. The van der Waals surface area contributed by atoms with Crippen molar-refractivity contribution in [2.45, 2.75) is 26.2 Å². The lowest BCUT2D eigenvalue weighted by molar-refractivity contribution is 0.591. The van der Waals surface area contributed by atoms with Crippen LogP contribution in [0.2, 0.25) is 0 Å². The Bertz CT molecular complexity index is 171. The Balaban J connectivity index is 2.90. The van der Waals surface area contributed by atoms with Crippen molar-refractivity contribution < 1.29 is 0 Å². The van der Waals surface area contributed by atoms with Gasteiger partial charge in [0.2, 0.25) is 0 Å². The van der Waals surface area contributed by atoms with Gasteiger partial charge in [-0.1, -0.05) is 20.8 Å². The van der Waals surface area contributed by atoms with Gasteiger partial charge in [-0.15, -0.1) is 0 Å². The number of aromatic nitrogens is 1. The summed E-state index contributed by atoms with van der Waals surface area (Å²) in [6.07, 6.45) is 1.94. The smallest absolute Gasteiger partial charge is 0.0444 e. The van der Waals surface area contributed by atoms with Gasteiger partial charge in [0.05, 0.1) is 0 Å². The minimum absolute atomic E-state index is 0.271. The van der Waals surface area contributed by atoms with Crippen molar-refractivity contribution in [1.82, 2.24) is 4.37 Å². The van der Waals surface area contributed by atoms with Crippen LogP contribution in [0.3, 0.4) is 0 Å². The van der Waals surface area contributed by atoms with E-state index < -0.39 is 0 Å². The largest absolute Gasteiger partial charge is 0.201 e. The van der Waals surface area contributed by atoms with E-state index in [1.807, 2.05) is 6.20 Å². The summed E-state index contributed by atoms with van der Waals surface area (Å²) in [5.74, 6) is 0. The molecule has 0 amide bonds. The van der Waals surface area contributed by atoms with Crippen LogP contribution >= 0.6 is 11.5 Å². The molecule has 0 bridgehead atoms. The number of nitrogens with zero attached hydrogens (tertiary/aromatic N) is 1. The number of rotatable bonds is 0. The first-order valence-electron chi connectivity index (χ1n) is 3.00. The van der Waals surface area contributed by atoms with E-state index in [1.165, 1.54) is 17.1 Å². The molecule has 0 saturated carbocycles. The fourth-order valence-electron chi connectivity index (χ4n) is 0.575. The molecule has 0 unspecified atom stereocenters. The Kier molecular flexibility index (Phi) is 1.58. The maximum atomic E-state index is 4.03. The molecule has 0 aliphatic carbocycles. The predicted octanol–water partition coefficient (Wildman–Crippen LogP) is 2.44. The van der Waals surface area contributed by atoms with Gasteiger partial charge >= 0.3 is 0 Å². The lowest BCUT2D eigenvalue weighted by Crippen LogP contribution is -2.08. The second-order valence-corrected chi connectivity index (χ2v) is 3.82. The van der Waals surface area contributed by atoms with Crippen LogP contribution < -0.4 is 0 Å². The van der Waals surface area contributed by atoms with Crippen LogP contribution in [0.25, 0.3) is 0 Å². The minimum atomic E-state index is 0.271. The standard InChI is InChI=1S/C7H11NS/c1-7(2,3)6-4-8-9-5-6/h4-5H,1-3H3. The molecule has 2 heteroatoms. The summed E-state index contributed by atoms with van der Waals surface area (Å²) in [6.45, 7) is 6.57. The summed E-state index contributed by atoms with van der Waals surface area (Å²) in [6, 6.07) is 0. The van der Waals surface area contributed by atoms with E-state index in [4.69, 9.17) is 0 Å². The third kappa shape index (κ3) is 1.52. The fraction of sp³-hybridized carbons (Fsp3) is 0.571. The van der Waals surface area contributed by atoms with Gasteiger partial charge in [-0.3, -0.25) is 0 Å². The van der Waals surface area contributed by atoms with E-state index in [0.717, 1.165) is 0 Å². The summed E-state index contributed by atoms with van der Waals surface area (Å²) in [4.78, 5) is 0. The highest BCUT2D eigenvalue weighted by atomic mass is 32.1. The van der Waals surface area contributed by atoms with E-state index in [1.54, 1.807) is 0 Å². The summed E-state index contributed by atoms with van der Waals surface area (Å²) >= 11 is 1.52. The fourth-order valence-corrected chi connectivity index (χ4v) is 1.34. The Morgan fingerprint density at radius 3 is 2.33 bits per heavy atom. The zero-order valence-corrected chi connectivity index (χ0v) is 6.83. The van der Waals surface area contributed by atoms with Crippen LogP contribution in [0.15, 0.2) is 11.6 Å². The number of hydrogen-bond donors (Lipinski definition) is 0. The van der Waals surface area contributed by atoms with Crippen molar-refractivity contribution in [2.24, 2.45) is 0 Å². The summed E-state index contributed by atoms with van der Waals surface area (Å²) < 4.78 is 4.03. The molecule has 0 radical (unpaired) electrons. The first-order chi connectivity index (χ1) is 4.11. The van der Waals surface area contributed by atoms with Crippen LogP contribution in [-0.4, -0.2) is 4.37 Å². The van der Waals surface area contributed by atoms with E-state index in [0.29, 0.717) is 0 Å². The minimum Gasteiger partial charge on any atom is -0.201 e. The van der Waals surface area contributed by atoms with Crippen molar-refractivity contribution in [3.8, 4) is 0 Å². The quantitative estimate of drug-likeness (QED) is 0.540. The molecule has 0 aliphatic heterocycles. The lowest BCUT2D eigenvalue weighted by Gasteiger charge is -2.14. The maximum Gasteiger partial charge on any atom is 0.0444 e. The summed E-state index contributed by atoms with van der Waals surface area (Å²) in [5, 5.41) is 2.10. The lowest BCUT2D eigenvalue weighted by atomic mass is 9.90. The zero-order valence-electron chi connectivity index (χ0n) is 6.01. The highest BCUT2D eigenvalue weighted by Crippen LogP contribution is 2.21. The molecule has 1 heterocycles. The van der Waals surface area contributed by atoms with E-state index in [2.05, 4.69) is 30.5 Å². The zero-order chi connectivity index (χ0) is 6.91. The molecule has 9 heavy (non-hydrogen) atoms. The molecule has 0 spiro atoms. The first kappa shape index (κ1) is 6.75. The normalized spacial score (nSPS) is 11.9. The molecule has 0 saturated heterocycles. The average Bonchev–Trinajstić information content (AvgIpc) is 2.08. The highest BCUT2D eigenvalue weighted by Gasteiger charge is 2.13. The second-order valence-electron chi connectivity index (χ2n) is 3.16. The molecule has 50 valence electrons. The van der Waals surface area contributed by atoms with E-state index in [-0.39, 0.29) is 5.41 Å². The second kappa shape index (κ2) is 2.10. The van der Waals surface area contributed by atoms with E-state index in [9.17, 15) is 0 Å². The van der Waals surface area contributed by atoms with Crippen LogP contribution in [0.5, 0.6) is 0 Å². The summed E-state index contributed by atoms with van der Waals surface area (Å²) in [5.41, 5.74) is 1.60. The Morgan fingerprint density at radius 1 is 1.44 bits per heavy atom. The van der Waals surface area contributed by atoms with Gasteiger partial charge in [0.1, 0.15) is 0 Å². The molecular weight excluding hydrogens is 130 g/mol. The molecule has 0 fully saturated rings. The molecule has 0 aromatic carbocycles. The Labute approximate surface area is 59.9 Å². The van der Waals surface area contributed by atoms with Gasteiger partial charge in [-0.25, -0.2) is 4.37 Å². The maximum absolute atomic E-state index is 4.03. The van der Waals surface area contributed by atoms with Crippen molar-refractivity contribution in [2.75, 3.05) is 0 Å². The molecule has 1 aromatic rings. The summed E-state index contributed by atoms with van der Waals surface area (Å²) in [7, 11) is 0. The van der Waals surface area contributed by atoms with Crippen molar-refractivity contribution in [3.05, 3.63) is 17.1 Å². The van der Waals surface area contributed by atoms with Gasteiger partial charge in [0.25, 0.3) is 0 Å². The van der Waals surface area contributed by atoms with Gasteiger partial charge in [0.15, 0.2) is 0 Å². The molecule has 0 aliphatic rings. The van der Waals surface area contributed by atoms with Crippen molar-refractivity contribution in [3.63, 3.8) is 0 Å². The third-order valence-corrected chi connectivity index (χ3v) is 1.88. The Morgan fingerprint density at radius 2 is 2.11 bits per heavy atom. The van der Waals surface area contributed by atoms with Crippen molar-refractivity contribution >= 4 is 11.5 Å². The third-order valence-electron chi connectivity index (χ3n) is 1.30. The Hall–Kier alpha value is -0.370. The first-order valence-corrected chi connectivity index (χ1v) is 3.84. The van der Waals surface area contributed by atoms with Crippen LogP contribution in [0, 0.1) is 0 Å². The molecule has 0 atom stereocenters. The van der Waals surface area contributed by atoms with Gasteiger partial charge in [-0.05, 0) is 22.5 Å². The van der Waals surface area contributed by atoms with Gasteiger partial charge in [-0.2, -0.15) is 0 Å². The molecule has 1 nitrogen and oxygen atoms in total. The molecular formula is C7H11NS. The van der Waals surface area contributed by atoms with Gasteiger partial charge < -0.3 is 0 Å². The van der Waals surface area contributed by atoms with Crippen LogP contribution in [0.1, 0.15) is 26.3 Å². The highest BCUT2D eigenvalue weighted by molar-refractivity contribution is 7.03. The van der Waals surface area contributed by atoms with Gasteiger partial charge in [0, 0.05) is 11.6 Å². The average molecular weight is 141 g/mol. The monoisotopic (exact) mass is 141 g/mol. The SMILES string of the molecule is CC(C)(C)c1cnsc1. The van der Waals surface area contributed by atoms with Crippen molar-refractivity contribution in [1.29, 1.82) is 0 Å².